The molecule has 0 bridgehead atoms. The van der Waals surface area contributed by atoms with Gasteiger partial charge in [0, 0.05) is 0 Å². The number of hydrogen-bond donors (Lipinski definition) is 1. The summed E-state index contributed by atoms with van der Waals surface area (Å²) in [4.78, 5) is 11.0. The van der Waals surface area contributed by atoms with Gasteiger partial charge in [0.1, 0.15) is 11.3 Å². The predicted octanol–water partition coefficient (Wildman–Crippen LogP) is 2.93. The standard InChI is InChI=1S/C15H11NO3/c1-19-14-8-10(6-7-13(14)15(17)18)12-5-3-2-4-11(12)9-16/h2-8H,1H3,(H,17,18). The van der Waals surface area contributed by atoms with E-state index in [1.807, 2.05) is 12.1 Å². The molecule has 2 aromatic rings. The minimum atomic E-state index is -1.04. The Morgan fingerprint density at radius 1 is 1.26 bits per heavy atom. The van der Waals surface area contributed by atoms with E-state index in [1.165, 1.54) is 13.2 Å². The Morgan fingerprint density at radius 3 is 2.63 bits per heavy atom. The van der Waals surface area contributed by atoms with Gasteiger partial charge in [-0.05, 0) is 29.3 Å². The molecule has 0 aliphatic heterocycles. The van der Waals surface area contributed by atoms with Gasteiger partial charge in [0.25, 0.3) is 0 Å². The second-order valence-corrected chi connectivity index (χ2v) is 3.88. The highest BCUT2D eigenvalue weighted by molar-refractivity contribution is 5.92. The molecule has 4 heteroatoms. The van der Waals surface area contributed by atoms with Crippen molar-refractivity contribution in [3.8, 4) is 22.9 Å². The fourth-order valence-electron chi connectivity index (χ4n) is 1.87. The van der Waals surface area contributed by atoms with Crippen molar-refractivity contribution in [3.05, 3.63) is 53.6 Å². The number of ether oxygens (including phenoxy) is 1. The van der Waals surface area contributed by atoms with Gasteiger partial charge >= 0.3 is 5.97 Å². The SMILES string of the molecule is COc1cc(-c2ccccc2C#N)ccc1C(=O)O. The van der Waals surface area contributed by atoms with Gasteiger partial charge in [-0.1, -0.05) is 24.3 Å². The highest BCUT2D eigenvalue weighted by atomic mass is 16.5. The van der Waals surface area contributed by atoms with Gasteiger partial charge in [0.05, 0.1) is 18.7 Å². The monoisotopic (exact) mass is 253 g/mol. The highest BCUT2D eigenvalue weighted by Gasteiger charge is 2.13. The maximum Gasteiger partial charge on any atom is 0.339 e. The summed E-state index contributed by atoms with van der Waals surface area (Å²) >= 11 is 0. The number of carboxylic acid groups (broad SMARTS) is 1. The van der Waals surface area contributed by atoms with E-state index in [0.717, 1.165) is 11.1 Å². The van der Waals surface area contributed by atoms with E-state index in [0.29, 0.717) is 5.56 Å². The zero-order chi connectivity index (χ0) is 13.8. The first kappa shape index (κ1) is 12.7. The lowest BCUT2D eigenvalue weighted by Crippen LogP contribution is -2.00. The maximum atomic E-state index is 11.0. The Kier molecular flexibility index (Phi) is 3.48. The van der Waals surface area contributed by atoms with Crippen LogP contribution in [0.15, 0.2) is 42.5 Å². The van der Waals surface area contributed by atoms with E-state index in [-0.39, 0.29) is 11.3 Å². The number of methoxy groups -OCH3 is 1. The fourth-order valence-corrected chi connectivity index (χ4v) is 1.87. The summed E-state index contributed by atoms with van der Waals surface area (Å²) in [5, 5.41) is 18.1. The van der Waals surface area contributed by atoms with E-state index in [2.05, 4.69) is 6.07 Å². The molecular weight excluding hydrogens is 242 g/mol. The number of carboxylic acids is 1. The van der Waals surface area contributed by atoms with Crippen molar-refractivity contribution in [1.82, 2.24) is 0 Å². The maximum absolute atomic E-state index is 11.0. The van der Waals surface area contributed by atoms with Gasteiger partial charge in [0.2, 0.25) is 0 Å². The molecule has 0 saturated heterocycles. The van der Waals surface area contributed by atoms with Crippen molar-refractivity contribution in [2.45, 2.75) is 0 Å². The van der Waals surface area contributed by atoms with E-state index in [9.17, 15) is 4.79 Å². The van der Waals surface area contributed by atoms with Gasteiger partial charge in [-0.3, -0.25) is 0 Å². The third kappa shape index (κ3) is 2.40. The summed E-state index contributed by atoms with van der Waals surface area (Å²) in [7, 11) is 1.42. The van der Waals surface area contributed by atoms with Crippen molar-refractivity contribution < 1.29 is 14.6 Å². The first-order valence-electron chi connectivity index (χ1n) is 5.58. The van der Waals surface area contributed by atoms with Crippen LogP contribution in [-0.4, -0.2) is 18.2 Å². The molecule has 94 valence electrons. The Balaban J connectivity index is 2.59. The molecule has 0 aliphatic carbocycles. The van der Waals surface area contributed by atoms with Gasteiger partial charge < -0.3 is 9.84 Å². The molecule has 0 heterocycles. The summed E-state index contributed by atoms with van der Waals surface area (Å²) < 4.78 is 5.08. The van der Waals surface area contributed by atoms with Crippen LogP contribution in [0.2, 0.25) is 0 Å². The smallest absolute Gasteiger partial charge is 0.339 e. The van der Waals surface area contributed by atoms with E-state index in [1.54, 1.807) is 24.3 Å². The third-order valence-corrected chi connectivity index (χ3v) is 2.79. The minimum Gasteiger partial charge on any atom is -0.496 e. The molecule has 0 amide bonds. The molecular formula is C15H11NO3. The number of rotatable bonds is 3. The number of hydrogen-bond acceptors (Lipinski definition) is 3. The van der Waals surface area contributed by atoms with Gasteiger partial charge in [-0.15, -0.1) is 0 Å². The molecule has 4 nitrogen and oxygen atoms in total. The van der Waals surface area contributed by atoms with Crippen molar-refractivity contribution in [3.63, 3.8) is 0 Å². The summed E-state index contributed by atoms with van der Waals surface area (Å²) in [6.07, 6.45) is 0. The van der Waals surface area contributed by atoms with Crippen molar-refractivity contribution in [2.75, 3.05) is 7.11 Å². The predicted molar refractivity (Wildman–Crippen MR) is 70.1 cm³/mol. The zero-order valence-corrected chi connectivity index (χ0v) is 10.3. The first-order valence-corrected chi connectivity index (χ1v) is 5.58. The molecule has 0 spiro atoms. The Morgan fingerprint density at radius 2 is 2.00 bits per heavy atom. The average molecular weight is 253 g/mol. The topological polar surface area (TPSA) is 70.3 Å². The quantitative estimate of drug-likeness (QED) is 0.912. The Hall–Kier alpha value is -2.80. The molecule has 1 N–H and O–H groups in total. The van der Waals surface area contributed by atoms with Crippen molar-refractivity contribution in [1.29, 1.82) is 5.26 Å². The third-order valence-electron chi connectivity index (χ3n) is 2.79. The van der Waals surface area contributed by atoms with E-state index >= 15 is 0 Å². The molecule has 0 saturated carbocycles. The van der Waals surface area contributed by atoms with E-state index in [4.69, 9.17) is 15.1 Å². The molecule has 2 aromatic carbocycles. The van der Waals surface area contributed by atoms with Crippen LogP contribution in [0, 0.1) is 11.3 Å². The molecule has 2 rings (SSSR count). The second kappa shape index (κ2) is 5.23. The largest absolute Gasteiger partial charge is 0.496 e. The lowest BCUT2D eigenvalue weighted by atomic mass is 9.99. The zero-order valence-electron chi connectivity index (χ0n) is 10.3. The molecule has 0 unspecified atom stereocenters. The van der Waals surface area contributed by atoms with Crippen LogP contribution in [0.1, 0.15) is 15.9 Å². The van der Waals surface area contributed by atoms with E-state index < -0.39 is 5.97 Å². The average Bonchev–Trinajstić information content (AvgIpc) is 2.46. The molecule has 0 atom stereocenters. The molecule has 0 aromatic heterocycles. The first-order chi connectivity index (χ1) is 9.17. The minimum absolute atomic E-state index is 0.0979. The normalized spacial score (nSPS) is 9.68. The number of nitrogens with zero attached hydrogens (tertiary/aromatic N) is 1. The highest BCUT2D eigenvalue weighted by Crippen LogP contribution is 2.29. The molecule has 0 fully saturated rings. The van der Waals surface area contributed by atoms with Gasteiger partial charge in [-0.25, -0.2) is 4.79 Å². The van der Waals surface area contributed by atoms with Gasteiger partial charge in [-0.2, -0.15) is 5.26 Å². The van der Waals surface area contributed by atoms with Crippen LogP contribution in [0.25, 0.3) is 11.1 Å². The van der Waals surface area contributed by atoms with Crippen LogP contribution in [-0.2, 0) is 0 Å². The summed E-state index contributed by atoms with van der Waals surface area (Å²) in [5.41, 5.74) is 2.13. The lowest BCUT2D eigenvalue weighted by Gasteiger charge is -2.09. The molecule has 0 radical (unpaired) electrons. The van der Waals surface area contributed by atoms with Crippen molar-refractivity contribution >= 4 is 5.97 Å². The summed E-state index contributed by atoms with van der Waals surface area (Å²) in [6.45, 7) is 0. The lowest BCUT2D eigenvalue weighted by molar-refractivity contribution is 0.0693. The van der Waals surface area contributed by atoms with Crippen LogP contribution in [0.3, 0.4) is 0 Å². The van der Waals surface area contributed by atoms with Crippen LogP contribution in [0.4, 0.5) is 0 Å². The van der Waals surface area contributed by atoms with Crippen LogP contribution in [0.5, 0.6) is 5.75 Å². The molecule has 19 heavy (non-hydrogen) atoms. The van der Waals surface area contributed by atoms with Crippen LogP contribution < -0.4 is 4.74 Å². The summed E-state index contributed by atoms with van der Waals surface area (Å²) in [6, 6.07) is 14.0. The summed E-state index contributed by atoms with van der Waals surface area (Å²) in [5.74, 6) is -0.769. The number of aromatic carboxylic acids is 1. The Labute approximate surface area is 110 Å². The molecule has 0 aliphatic rings. The number of carbonyl (C=O) groups is 1. The van der Waals surface area contributed by atoms with Crippen LogP contribution >= 0.6 is 0 Å². The second-order valence-electron chi connectivity index (χ2n) is 3.88. The number of benzene rings is 2. The number of nitriles is 1. The Bertz CT molecular complexity index is 671. The fraction of sp³-hybridized carbons (Fsp3) is 0.0667. The van der Waals surface area contributed by atoms with Gasteiger partial charge in [0.15, 0.2) is 0 Å². The van der Waals surface area contributed by atoms with Crippen molar-refractivity contribution in [2.24, 2.45) is 0 Å².